The third-order valence-corrected chi connectivity index (χ3v) is 3.21. The van der Waals surface area contributed by atoms with Crippen molar-refractivity contribution in [3.05, 3.63) is 41.0 Å². The zero-order chi connectivity index (χ0) is 15.6. The number of carbonyl (C=O) groups is 1. The molecule has 1 unspecified atom stereocenters. The highest BCUT2D eigenvalue weighted by Gasteiger charge is 2.18. The van der Waals surface area contributed by atoms with Gasteiger partial charge in [0.25, 0.3) is 0 Å². The second-order valence-electron chi connectivity index (χ2n) is 4.89. The largest absolute Gasteiger partial charge is 0.466 e. The molecule has 0 aliphatic heterocycles. The van der Waals surface area contributed by atoms with Crippen molar-refractivity contribution in [1.82, 2.24) is 4.98 Å². The molecule has 2 aromatic rings. The van der Waals surface area contributed by atoms with Gasteiger partial charge in [-0.3, -0.25) is 0 Å². The summed E-state index contributed by atoms with van der Waals surface area (Å²) in [6.07, 6.45) is 1.50. The maximum absolute atomic E-state index is 11.8. The minimum atomic E-state index is -0.482. The maximum Gasteiger partial charge on any atom is 0.341 e. The Morgan fingerprint density at radius 1 is 1.43 bits per heavy atom. The molecule has 6 heteroatoms. The Balaban J connectivity index is 2.31. The quantitative estimate of drug-likeness (QED) is 0.841. The highest BCUT2D eigenvalue weighted by atomic mass is 16.5. The predicted molar refractivity (Wildman–Crippen MR) is 80.2 cm³/mol. The number of esters is 1. The molecule has 1 atom stereocenters. The van der Waals surface area contributed by atoms with Gasteiger partial charge in [-0.15, -0.1) is 0 Å². The molecule has 112 valence electrons. The molecular weight excluding hydrogens is 270 g/mol. The van der Waals surface area contributed by atoms with Crippen molar-refractivity contribution in [3.63, 3.8) is 0 Å². The lowest BCUT2D eigenvalue weighted by molar-refractivity contribution is 0.0601. The number of pyridine rings is 1. The van der Waals surface area contributed by atoms with E-state index >= 15 is 0 Å². The maximum atomic E-state index is 11.8. The van der Waals surface area contributed by atoms with E-state index in [9.17, 15) is 4.79 Å². The van der Waals surface area contributed by atoms with Crippen LogP contribution < -0.4 is 11.1 Å². The number of hydrogen-bond acceptors (Lipinski definition) is 6. The number of hydrogen-bond donors (Lipinski definition) is 2. The van der Waals surface area contributed by atoms with Crippen LogP contribution in [0, 0.1) is 13.8 Å². The van der Waals surface area contributed by atoms with E-state index in [1.807, 2.05) is 26.8 Å². The van der Waals surface area contributed by atoms with Crippen molar-refractivity contribution >= 4 is 17.5 Å². The molecule has 3 N–H and O–H groups in total. The van der Waals surface area contributed by atoms with E-state index in [0.717, 1.165) is 17.1 Å². The van der Waals surface area contributed by atoms with Crippen molar-refractivity contribution < 1.29 is 13.9 Å². The van der Waals surface area contributed by atoms with E-state index in [0.29, 0.717) is 17.1 Å². The second-order valence-corrected chi connectivity index (χ2v) is 4.89. The number of carbonyl (C=O) groups excluding carboxylic acids is 1. The number of ether oxygens (including phenoxy) is 1. The Hall–Kier alpha value is -2.50. The van der Waals surface area contributed by atoms with E-state index in [-0.39, 0.29) is 6.04 Å². The van der Waals surface area contributed by atoms with Crippen molar-refractivity contribution in [2.45, 2.75) is 26.8 Å². The second kappa shape index (κ2) is 5.87. The first-order valence-electron chi connectivity index (χ1n) is 6.59. The molecule has 0 aliphatic carbocycles. The lowest BCUT2D eigenvalue weighted by Gasteiger charge is -2.16. The zero-order valence-electron chi connectivity index (χ0n) is 12.6. The molecule has 21 heavy (non-hydrogen) atoms. The monoisotopic (exact) mass is 289 g/mol. The lowest BCUT2D eigenvalue weighted by atomic mass is 10.1. The van der Waals surface area contributed by atoms with Crippen molar-refractivity contribution in [2.24, 2.45) is 0 Å². The van der Waals surface area contributed by atoms with E-state index < -0.39 is 5.97 Å². The summed E-state index contributed by atoms with van der Waals surface area (Å²) in [7, 11) is 1.32. The summed E-state index contributed by atoms with van der Waals surface area (Å²) in [6, 6.07) is 3.44. The highest BCUT2D eigenvalue weighted by molar-refractivity contribution is 5.95. The molecule has 0 saturated heterocycles. The van der Waals surface area contributed by atoms with Gasteiger partial charge < -0.3 is 20.2 Å². The first-order chi connectivity index (χ1) is 9.92. The van der Waals surface area contributed by atoms with Crippen LogP contribution in [0.15, 0.2) is 22.7 Å². The number of nitrogens with one attached hydrogen (secondary N) is 1. The average molecular weight is 289 g/mol. The van der Waals surface area contributed by atoms with Gasteiger partial charge in [-0.1, -0.05) is 0 Å². The first-order valence-corrected chi connectivity index (χ1v) is 6.59. The predicted octanol–water partition coefficient (Wildman–Crippen LogP) is 2.83. The number of methoxy groups -OCH3 is 1. The number of rotatable bonds is 4. The first kappa shape index (κ1) is 14.9. The molecule has 0 aromatic carbocycles. The van der Waals surface area contributed by atoms with Crippen LogP contribution in [0.25, 0.3) is 0 Å². The molecule has 0 spiro atoms. The van der Waals surface area contributed by atoms with Gasteiger partial charge >= 0.3 is 5.97 Å². The Morgan fingerprint density at radius 2 is 2.14 bits per heavy atom. The number of nitrogens with two attached hydrogens (primary N) is 1. The lowest BCUT2D eigenvalue weighted by Crippen LogP contribution is -2.14. The number of aryl methyl sites for hydroxylation is 2. The molecule has 2 rings (SSSR count). The topological polar surface area (TPSA) is 90.4 Å². The summed E-state index contributed by atoms with van der Waals surface area (Å²) in [4.78, 5) is 16.0. The fraction of sp³-hybridized carbons (Fsp3) is 0.333. The third kappa shape index (κ3) is 3.16. The Bertz CT molecular complexity index is 664. The summed E-state index contributed by atoms with van der Waals surface area (Å²) in [6.45, 7) is 5.76. The van der Waals surface area contributed by atoms with E-state index in [1.54, 1.807) is 6.07 Å². The third-order valence-electron chi connectivity index (χ3n) is 3.21. The van der Waals surface area contributed by atoms with Gasteiger partial charge in [-0.2, -0.15) is 0 Å². The minimum absolute atomic E-state index is 0.0676. The van der Waals surface area contributed by atoms with Gasteiger partial charge in [0, 0.05) is 5.56 Å². The standard InChI is InChI=1S/C15H19N3O3/c1-8-5-12(10(3)21-8)9(2)18-14-13(15(19)20-4)6-11(16)7-17-14/h5-7,9H,16H2,1-4H3,(H,17,18). The van der Waals surface area contributed by atoms with Crippen LogP contribution in [0.4, 0.5) is 11.5 Å². The van der Waals surface area contributed by atoms with Gasteiger partial charge in [0.1, 0.15) is 22.9 Å². The smallest absolute Gasteiger partial charge is 0.341 e. The zero-order valence-corrected chi connectivity index (χ0v) is 12.6. The summed E-state index contributed by atoms with van der Waals surface area (Å²) in [5, 5.41) is 3.20. The van der Waals surface area contributed by atoms with Gasteiger partial charge in [-0.05, 0) is 32.9 Å². The van der Waals surface area contributed by atoms with Gasteiger partial charge in [0.05, 0.1) is 25.0 Å². The van der Waals surface area contributed by atoms with Gasteiger partial charge in [-0.25, -0.2) is 9.78 Å². The molecule has 2 heterocycles. The minimum Gasteiger partial charge on any atom is -0.466 e. The number of anilines is 2. The molecule has 0 fully saturated rings. The molecule has 0 radical (unpaired) electrons. The Labute approximate surface area is 123 Å². The average Bonchev–Trinajstić information content (AvgIpc) is 2.78. The SMILES string of the molecule is COC(=O)c1cc(N)cnc1NC(C)c1cc(C)oc1C. The van der Waals surface area contributed by atoms with Crippen LogP contribution in [-0.4, -0.2) is 18.1 Å². The fourth-order valence-corrected chi connectivity index (χ4v) is 2.22. The van der Waals surface area contributed by atoms with E-state index in [4.69, 9.17) is 14.9 Å². The Kier molecular flexibility index (Phi) is 4.16. The van der Waals surface area contributed by atoms with Crippen LogP contribution in [0.1, 0.15) is 40.4 Å². The number of nitrogen functional groups attached to an aromatic ring is 1. The van der Waals surface area contributed by atoms with E-state index in [2.05, 4.69) is 10.3 Å². The van der Waals surface area contributed by atoms with Crippen molar-refractivity contribution in [3.8, 4) is 0 Å². The number of furan rings is 1. The van der Waals surface area contributed by atoms with Crippen LogP contribution in [-0.2, 0) is 4.74 Å². The molecular formula is C15H19N3O3. The van der Waals surface area contributed by atoms with Crippen LogP contribution in [0.2, 0.25) is 0 Å². The molecule has 2 aromatic heterocycles. The molecule has 0 aliphatic rings. The summed E-state index contributed by atoms with van der Waals surface area (Å²) >= 11 is 0. The number of nitrogens with zero attached hydrogens (tertiary/aromatic N) is 1. The van der Waals surface area contributed by atoms with E-state index in [1.165, 1.54) is 13.3 Å². The normalized spacial score (nSPS) is 12.0. The van der Waals surface area contributed by atoms with Crippen LogP contribution in [0.5, 0.6) is 0 Å². The molecule has 0 bridgehead atoms. The summed E-state index contributed by atoms with van der Waals surface area (Å²) < 4.78 is 10.3. The highest BCUT2D eigenvalue weighted by Crippen LogP contribution is 2.26. The summed E-state index contributed by atoms with van der Waals surface area (Å²) in [5.74, 6) is 1.63. The summed E-state index contributed by atoms with van der Waals surface area (Å²) in [5.41, 5.74) is 7.41. The van der Waals surface area contributed by atoms with Crippen molar-refractivity contribution in [2.75, 3.05) is 18.2 Å². The van der Waals surface area contributed by atoms with Gasteiger partial charge in [0.2, 0.25) is 0 Å². The molecule has 0 saturated carbocycles. The number of aromatic nitrogens is 1. The molecule has 6 nitrogen and oxygen atoms in total. The molecule has 0 amide bonds. The van der Waals surface area contributed by atoms with Crippen LogP contribution in [0.3, 0.4) is 0 Å². The van der Waals surface area contributed by atoms with Gasteiger partial charge in [0.15, 0.2) is 0 Å². The fourth-order valence-electron chi connectivity index (χ4n) is 2.22. The van der Waals surface area contributed by atoms with Crippen molar-refractivity contribution in [1.29, 1.82) is 0 Å². The Morgan fingerprint density at radius 3 is 2.71 bits per heavy atom. The van der Waals surface area contributed by atoms with Crippen LogP contribution >= 0.6 is 0 Å².